The molecule has 0 bridgehead atoms. The summed E-state index contributed by atoms with van der Waals surface area (Å²) in [5.41, 5.74) is 0.940. The van der Waals surface area contributed by atoms with E-state index < -0.39 is 6.10 Å². The molecule has 0 aliphatic carbocycles. The van der Waals surface area contributed by atoms with Crippen molar-refractivity contribution in [2.75, 3.05) is 6.54 Å². The molecule has 0 aromatic carbocycles. The van der Waals surface area contributed by atoms with Crippen molar-refractivity contribution >= 4 is 17.2 Å². The van der Waals surface area contributed by atoms with Crippen LogP contribution in [0.3, 0.4) is 0 Å². The van der Waals surface area contributed by atoms with Crippen LogP contribution < -0.4 is 5.32 Å². The van der Waals surface area contributed by atoms with Gasteiger partial charge in [-0.1, -0.05) is 26.8 Å². The highest BCUT2D eigenvalue weighted by Crippen LogP contribution is 2.26. The Balaban J connectivity index is 2.14. The molecule has 21 heavy (non-hydrogen) atoms. The normalized spacial score (nSPS) is 13.2. The van der Waals surface area contributed by atoms with Crippen LogP contribution in [0.5, 0.6) is 0 Å². The first kappa shape index (κ1) is 15.7. The number of hydrogen-bond acceptors (Lipinski definition) is 4. The molecule has 0 saturated heterocycles. The zero-order valence-electron chi connectivity index (χ0n) is 12.8. The molecule has 2 aromatic rings. The minimum Gasteiger partial charge on any atom is -0.391 e. The lowest BCUT2D eigenvalue weighted by Gasteiger charge is -2.25. The minimum atomic E-state index is -0.594. The zero-order valence-corrected chi connectivity index (χ0v) is 13.6. The summed E-state index contributed by atoms with van der Waals surface area (Å²) >= 11 is 1.54. The van der Waals surface area contributed by atoms with Crippen LogP contribution in [0.15, 0.2) is 23.7 Å². The third-order valence-corrected chi connectivity index (χ3v) is 4.16. The average Bonchev–Trinajstić information content (AvgIpc) is 3.02. The second-order valence-electron chi connectivity index (χ2n) is 6.13. The Morgan fingerprint density at radius 3 is 2.81 bits per heavy atom. The molecule has 2 heterocycles. The molecule has 6 heteroatoms. The van der Waals surface area contributed by atoms with Crippen molar-refractivity contribution in [1.82, 2.24) is 15.1 Å². The number of carbonyl (C=O) groups is 1. The van der Waals surface area contributed by atoms with Gasteiger partial charge in [0.05, 0.1) is 16.5 Å². The van der Waals surface area contributed by atoms with E-state index in [9.17, 15) is 9.90 Å². The van der Waals surface area contributed by atoms with Gasteiger partial charge in [0.2, 0.25) is 0 Å². The molecule has 1 unspecified atom stereocenters. The van der Waals surface area contributed by atoms with Crippen molar-refractivity contribution in [1.29, 1.82) is 0 Å². The molecule has 2 rings (SSSR count). The molecule has 0 spiro atoms. The number of aliphatic hydroxyl groups is 1. The SMILES string of the molecule is Cn1cc(C(=O)NCC(O)C(C)(C)C)c(-c2cccs2)n1. The van der Waals surface area contributed by atoms with E-state index in [0.717, 1.165) is 4.88 Å². The summed E-state index contributed by atoms with van der Waals surface area (Å²) in [6.45, 7) is 6.03. The van der Waals surface area contributed by atoms with Gasteiger partial charge in [0.15, 0.2) is 0 Å². The van der Waals surface area contributed by atoms with Gasteiger partial charge in [0.25, 0.3) is 5.91 Å². The molecular weight excluding hydrogens is 286 g/mol. The maximum atomic E-state index is 12.3. The number of aliphatic hydroxyl groups excluding tert-OH is 1. The maximum absolute atomic E-state index is 12.3. The van der Waals surface area contributed by atoms with Crippen LogP contribution in [-0.2, 0) is 7.05 Å². The van der Waals surface area contributed by atoms with Crippen LogP contribution in [0, 0.1) is 5.41 Å². The fourth-order valence-corrected chi connectivity index (χ4v) is 2.56. The Hall–Kier alpha value is -1.66. The number of rotatable bonds is 4. The Kier molecular flexibility index (Phi) is 4.49. The van der Waals surface area contributed by atoms with Gasteiger partial charge in [-0.3, -0.25) is 9.48 Å². The van der Waals surface area contributed by atoms with Crippen LogP contribution in [0.4, 0.5) is 0 Å². The molecule has 1 atom stereocenters. The van der Waals surface area contributed by atoms with Crippen LogP contribution in [0.25, 0.3) is 10.6 Å². The number of nitrogens with one attached hydrogen (secondary N) is 1. The average molecular weight is 307 g/mol. The number of nitrogens with zero attached hydrogens (tertiary/aromatic N) is 2. The van der Waals surface area contributed by atoms with Gasteiger partial charge < -0.3 is 10.4 Å². The fourth-order valence-electron chi connectivity index (χ4n) is 1.84. The maximum Gasteiger partial charge on any atom is 0.255 e. The highest BCUT2D eigenvalue weighted by Gasteiger charge is 2.24. The molecule has 0 saturated carbocycles. The zero-order chi connectivity index (χ0) is 15.6. The van der Waals surface area contributed by atoms with Crippen molar-refractivity contribution in [2.45, 2.75) is 26.9 Å². The summed E-state index contributed by atoms with van der Waals surface area (Å²) in [4.78, 5) is 13.3. The second kappa shape index (κ2) is 5.99. The van der Waals surface area contributed by atoms with Gasteiger partial charge in [0.1, 0.15) is 5.69 Å². The lowest BCUT2D eigenvalue weighted by Crippen LogP contribution is -2.39. The molecule has 0 fully saturated rings. The van der Waals surface area contributed by atoms with Gasteiger partial charge in [0, 0.05) is 19.8 Å². The lowest BCUT2D eigenvalue weighted by molar-refractivity contribution is 0.0587. The van der Waals surface area contributed by atoms with E-state index in [2.05, 4.69) is 10.4 Å². The van der Waals surface area contributed by atoms with E-state index in [1.54, 1.807) is 29.3 Å². The van der Waals surface area contributed by atoms with E-state index in [0.29, 0.717) is 11.3 Å². The van der Waals surface area contributed by atoms with Crippen molar-refractivity contribution in [3.63, 3.8) is 0 Å². The first-order chi connectivity index (χ1) is 9.79. The summed E-state index contributed by atoms with van der Waals surface area (Å²) in [7, 11) is 1.79. The van der Waals surface area contributed by atoms with Crippen LogP contribution in [0.1, 0.15) is 31.1 Å². The minimum absolute atomic E-state index is 0.213. The monoisotopic (exact) mass is 307 g/mol. The Morgan fingerprint density at radius 1 is 1.52 bits per heavy atom. The molecule has 0 aliphatic rings. The van der Waals surface area contributed by atoms with E-state index in [1.807, 2.05) is 38.3 Å². The molecule has 0 aliphatic heterocycles. The lowest BCUT2D eigenvalue weighted by atomic mass is 9.89. The van der Waals surface area contributed by atoms with Gasteiger partial charge >= 0.3 is 0 Å². The third-order valence-electron chi connectivity index (χ3n) is 3.28. The smallest absolute Gasteiger partial charge is 0.255 e. The molecule has 1 amide bonds. The largest absolute Gasteiger partial charge is 0.391 e. The number of hydrogen-bond donors (Lipinski definition) is 2. The molecule has 0 radical (unpaired) electrons. The van der Waals surface area contributed by atoms with Crippen LogP contribution >= 0.6 is 11.3 Å². The van der Waals surface area contributed by atoms with E-state index in [-0.39, 0.29) is 17.9 Å². The summed E-state index contributed by atoms with van der Waals surface area (Å²) in [6.07, 6.45) is 1.11. The van der Waals surface area contributed by atoms with Crippen molar-refractivity contribution in [3.05, 3.63) is 29.3 Å². The van der Waals surface area contributed by atoms with Gasteiger partial charge in [-0.25, -0.2) is 0 Å². The predicted molar refractivity (Wildman–Crippen MR) is 84.3 cm³/mol. The third kappa shape index (κ3) is 3.71. The number of aryl methyl sites for hydroxylation is 1. The topological polar surface area (TPSA) is 67.2 Å². The summed E-state index contributed by atoms with van der Waals surface area (Å²) in [5.74, 6) is -0.213. The van der Waals surface area contributed by atoms with Crippen molar-refractivity contribution in [2.24, 2.45) is 12.5 Å². The molecule has 5 nitrogen and oxygen atoms in total. The number of carbonyl (C=O) groups excluding carboxylic acids is 1. The standard InChI is InChI=1S/C15H21N3O2S/c1-15(2,3)12(19)8-16-14(20)10-9-18(4)17-13(10)11-6-5-7-21-11/h5-7,9,12,19H,8H2,1-4H3,(H,16,20). The first-order valence-electron chi connectivity index (χ1n) is 6.83. The number of amides is 1. The molecule has 2 N–H and O–H groups in total. The van der Waals surface area contributed by atoms with Gasteiger partial charge in [-0.05, 0) is 16.9 Å². The highest BCUT2D eigenvalue weighted by molar-refractivity contribution is 7.13. The molecule has 2 aromatic heterocycles. The van der Waals surface area contributed by atoms with Crippen molar-refractivity contribution in [3.8, 4) is 10.6 Å². The Labute approximate surface area is 128 Å². The second-order valence-corrected chi connectivity index (χ2v) is 7.08. The first-order valence-corrected chi connectivity index (χ1v) is 7.71. The summed E-state index contributed by atoms with van der Waals surface area (Å²) in [6, 6.07) is 3.87. The number of thiophene rings is 1. The van der Waals surface area contributed by atoms with Gasteiger partial charge in [-0.2, -0.15) is 5.10 Å². The van der Waals surface area contributed by atoms with Gasteiger partial charge in [-0.15, -0.1) is 11.3 Å². The van der Waals surface area contributed by atoms with Crippen molar-refractivity contribution < 1.29 is 9.90 Å². The predicted octanol–water partition coefficient (Wildman–Crippen LogP) is 2.29. The Bertz CT molecular complexity index is 611. The van der Waals surface area contributed by atoms with E-state index >= 15 is 0 Å². The van der Waals surface area contributed by atoms with Crippen LogP contribution in [-0.4, -0.2) is 33.4 Å². The van der Waals surface area contributed by atoms with Crippen LogP contribution in [0.2, 0.25) is 0 Å². The van der Waals surface area contributed by atoms with E-state index in [4.69, 9.17) is 0 Å². The molecular formula is C15H21N3O2S. The highest BCUT2D eigenvalue weighted by atomic mass is 32.1. The summed E-state index contributed by atoms with van der Waals surface area (Å²) in [5, 5.41) is 19.1. The van der Waals surface area contributed by atoms with E-state index in [1.165, 1.54) is 0 Å². The fraction of sp³-hybridized carbons (Fsp3) is 0.467. The Morgan fingerprint density at radius 2 is 2.24 bits per heavy atom. The molecule has 114 valence electrons. The summed E-state index contributed by atoms with van der Waals surface area (Å²) < 4.78 is 1.63. The quantitative estimate of drug-likeness (QED) is 0.910. The number of aromatic nitrogens is 2.